The van der Waals surface area contributed by atoms with Gasteiger partial charge >= 0.3 is 6.18 Å². The van der Waals surface area contributed by atoms with Crippen molar-refractivity contribution in [1.82, 2.24) is 14.8 Å². The van der Waals surface area contributed by atoms with E-state index in [1.165, 1.54) is 18.3 Å². The SMILES string of the molecule is Cc1ccc2[nH]c3c(=O)n(CC(=O)Nc4cccc(C(F)(F)F)c4)ncc3c2c1. The van der Waals surface area contributed by atoms with Gasteiger partial charge in [0.25, 0.3) is 5.56 Å². The third-order valence-corrected chi connectivity index (χ3v) is 4.54. The van der Waals surface area contributed by atoms with Crippen molar-refractivity contribution in [2.75, 3.05) is 5.32 Å². The number of nitrogens with zero attached hydrogens (tertiary/aromatic N) is 2. The molecule has 2 aromatic heterocycles. The van der Waals surface area contributed by atoms with Gasteiger partial charge in [0.2, 0.25) is 5.91 Å². The highest BCUT2D eigenvalue weighted by atomic mass is 19.4. The summed E-state index contributed by atoms with van der Waals surface area (Å²) >= 11 is 0. The van der Waals surface area contributed by atoms with Crippen LogP contribution in [-0.4, -0.2) is 20.7 Å². The molecule has 148 valence electrons. The summed E-state index contributed by atoms with van der Waals surface area (Å²) in [7, 11) is 0. The molecule has 2 heterocycles. The van der Waals surface area contributed by atoms with E-state index in [1.807, 2.05) is 25.1 Å². The quantitative estimate of drug-likeness (QED) is 0.548. The first-order valence-electron chi connectivity index (χ1n) is 8.67. The smallest absolute Gasteiger partial charge is 0.350 e. The number of hydrogen-bond acceptors (Lipinski definition) is 3. The van der Waals surface area contributed by atoms with Gasteiger partial charge in [-0.1, -0.05) is 17.7 Å². The van der Waals surface area contributed by atoms with Gasteiger partial charge in [-0.2, -0.15) is 18.3 Å². The summed E-state index contributed by atoms with van der Waals surface area (Å²) in [6.07, 6.45) is -3.02. The second kappa shape index (κ2) is 6.77. The summed E-state index contributed by atoms with van der Waals surface area (Å²) in [5, 5.41) is 7.90. The molecule has 0 atom stereocenters. The fourth-order valence-corrected chi connectivity index (χ4v) is 3.16. The number of amides is 1. The minimum atomic E-state index is -4.52. The predicted octanol–water partition coefficient (Wildman–Crippen LogP) is 3.84. The van der Waals surface area contributed by atoms with Crippen molar-refractivity contribution in [3.8, 4) is 0 Å². The molecule has 0 aliphatic rings. The van der Waals surface area contributed by atoms with Crippen molar-refractivity contribution in [3.05, 3.63) is 70.1 Å². The summed E-state index contributed by atoms with van der Waals surface area (Å²) in [6, 6.07) is 9.97. The maximum atomic E-state index is 12.8. The van der Waals surface area contributed by atoms with Gasteiger partial charge in [0.1, 0.15) is 12.1 Å². The number of rotatable bonds is 3. The van der Waals surface area contributed by atoms with Crippen molar-refractivity contribution in [1.29, 1.82) is 0 Å². The molecular weight excluding hydrogens is 385 g/mol. The number of H-pyrrole nitrogens is 1. The number of nitrogens with one attached hydrogen (secondary N) is 2. The van der Waals surface area contributed by atoms with Gasteiger partial charge in [0.15, 0.2) is 0 Å². The van der Waals surface area contributed by atoms with Gasteiger partial charge < -0.3 is 10.3 Å². The van der Waals surface area contributed by atoms with E-state index in [2.05, 4.69) is 15.4 Å². The molecular formula is C20H15F3N4O2. The first-order chi connectivity index (χ1) is 13.7. The van der Waals surface area contributed by atoms with Gasteiger partial charge in [-0.3, -0.25) is 9.59 Å². The van der Waals surface area contributed by atoms with Crippen LogP contribution in [0.15, 0.2) is 53.5 Å². The highest BCUT2D eigenvalue weighted by Gasteiger charge is 2.30. The Hall–Kier alpha value is -3.62. The molecule has 2 N–H and O–H groups in total. The molecule has 9 heteroatoms. The van der Waals surface area contributed by atoms with Crippen LogP contribution in [0, 0.1) is 6.92 Å². The average Bonchev–Trinajstić information content (AvgIpc) is 3.02. The molecule has 29 heavy (non-hydrogen) atoms. The number of fused-ring (bicyclic) bond motifs is 3. The highest BCUT2D eigenvalue weighted by molar-refractivity contribution is 6.06. The Balaban J connectivity index is 1.61. The summed E-state index contributed by atoms with van der Waals surface area (Å²) in [5.74, 6) is -0.662. The summed E-state index contributed by atoms with van der Waals surface area (Å²) < 4.78 is 39.3. The van der Waals surface area contributed by atoms with Crippen LogP contribution in [0.2, 0.25) is 0 Å². The lowest BCUT2D eigenvalue weighted by Crippen LogP contribution is -2.29. The van der Waals surface area contributed by atoms with Gasteiger partial charge in [-0.05, 0) is 37.3 Å². The zero-order chi connectivity index (χ0) is 20.8. The number of alkyl halides is 3. The van der Waals surface area contributed by atoms with Crippen molar-refractivity contribution in [2.45, 2.75) is 19.6 Å². The fraction of sp³-hybridized carbons (Fsp3) is 0.150. The molecule has 4 aromatic rings. The van der Waals surface area contributed by atoms with Crippen LogP contribution in [-0.2, 0) is 17.5 Å². The van der Waals surface area contributed by atoms with Crippen LogP contribution in [0.4, 0.5) is 18.9 Å². The zero-order valence-corrected chi connectivity index (χ0v) is 15.2. The Bertz CT molecular complexity index is 1300. The number of anilines is 1. The molecule has 6 nitrogen and oxygen atoms in total. The van der Waals surface area contributed by atoms with Crippen LogP contribution < -0.4 is 10.9 Å². The van der Waals surface area contributed by atoms with Gasteiger partial charge in [0, 0.05) is 22.0 Å². The topological polar surface area (TPSA) is 79.8 Å². The normalized spacial score (nSPS) is 11.9. The van der Waals surface area contributed by atoms with Crippen LogP contribution in [0.25, 0.3) is 21.8 Å². The van der Waals surface area contributed by atoms with Crippen molar-refractivity contribution in [3.63, 3.8) is 0 Å². The predicted molar refractivity (Wildman–Crippen MR) is 103 cm³/mol. The third-order valence-electron chi connectivity index (χ3n) is 4.54. The number of halogens is 3. The minimum absolute atomic E-state index is 0.0139. The van der Waals surface area contributed by atoms with Crippen LogP contribution in [0.5, 0.6) is 0 Å². The first kappa shape index (κ1) is 18.7. The van der Waals surface area contributed by atoms with Crippen LogP contribution in [0.3, 0.4) is 0 Å². The zero-order valence-electron chi connectivity index (χ0n) is 15.2. The number of aryl methyl sites for hydroxylation is 1. The molecule has 0 aliphatic carbocycles. The van der Waals surface area contributed by atoms with E-state index in [9.17, 15) is 22.8 Å². The van der Waals surface area contributed by atoms with E-state index < -0.39 is 29.8 Å². The van der Waals surface area contributed by atoms with E-state index in [1.54, 1.807) is 0 Å². The van der Waals surface area contributed by atoms with Crippen LogP contribution >= 0.6 is 0 Å². The minimum Gasteiger partial charge on any atom is -0.350 e. The van der Waals surface area contributed by atoms with Gasteiger partial charge in [-0.25, -0.2) is 4.68 Å². The number of carbonyl (C=O) groups is 1. The van der Waals surface area contributed by atoms with E-state index in [4.69, 9.17) is 0 Å². The lowest BCUT2D eigenvalue weighted by molar-refractivity contribution is -0.137. The van der Waals surface area contributed by atoms with Crippen molar-refractivity contribution < 1.29 is 18.0 Å². The number of aromatic amines is 1. The monoisotopic (exact) mass is 400 g/mol. The molecule has 0 aliphatic heterocycles. The molecule has 2 aromatic carbocycles. The molecule has 0 spiro atoms. The summed E-state index contributed by atoms with van der Waals surface area (Å²) in [5.41, 5.74) is 0.738. The molecule has 1 amide bonds. The number of carbonyl (C=O) groups excluding carboxylic acids is 1. The number of benzene rings is 2. The molecule has 0 bridgehead atoms. The molecule has 0 unspecified atom stereocenters. The maximum Gasteiger partial charge on any atom is 0.416 e. The second-order valence-electron chi connectivity index (χ2n) is 6.70. The molecule has 4 rings (SSSR count). The summed E-state index contributed by atoms with van der Waals surface area (Å²) in [6.45, 7) is 1.50. The van der Waals surface area contributed by atoms with E-state index >= 15 is 0 Å². The Morgan fingerprint density at radius 3 is 2.72 bits per heavy atom. The van der Waals surface area contributed by atoms with Gasteiger partial charge in [-0.15, -0.1) is 0 Å². The Labute approximate surface area is 162 Å². The Morgan fingerprint density at radius 2 is 1.97 bits per heavy atom. The Kier molecular flexibility index (Phi) is 4.37. The molecule has 0 radical (unpaired) electrons. The number of hydrogen-bond donors (Lipinski definition) is 2. The van der Waals surface area contributed by atoms with E-state index in [0.717, 1.165) is 33.3 Å². The van der Waals surface area contributed by atoms with Gasteiger partial charge in [0.05, 0.1) is 11.8 Å². The fourth-order valence-electron chi connectivity index (χ4n) is 3.16. The van der Waals surface area contributed by atoms with Crippen molar-refractivity contribution in [2.24, 2.45) is 0 Å². The molecule has 0 saturated carbocycles. The average molecular weight is 400 g/mol. The number of aromatic nitrogens is 3. The van der Waals surface area contributed by atoms with Crippen molar-refractivity contribution >= 4 is 33.4 Å². The lowest BCUT2D eigenvalue weighted by atomic mass is 10.1. The van der Waals surface area contributed by atoms with Crippen LogP contribution in [0.1, 0.15) is 11.1 Å². The molecule has 0 fully saturated rings. The van der Waals surface area contributed by atoms with E-state index in [0.29, 0.717) is 10.9 Å². The maximum absolute atomic E-state index is 12.8. The summed E-state index contributed by atoms with van der Waals surface area (Å²) in [4.78, 5) is 28.0. The molecule has 0 saturated heterocycles. The second-order valence-corrected chi connectivity index (χ2v) is 6.70. The highest BCUT2D eigenvalue weighted by Crippen LogP contribution is 2.30. The largest absolute Gasteiger partial charge is 0.416 e. The third kappa shape index (κ3) is 3.58. The van der Waals surface area contributed by atoms with E-state index in [-0.39, 0.29) is 5.69 Å². The Morgan fingerprint density at radius 1 is 1.17 bits per heavy atom. The standard InChI is InChI=1S/C20H15F3N4O2/c1-11-5-6-16-14(7-11)15-9-24-27(19(29)18(15)26-16)10-17(28)25-13-4-2-3-12(8-13)20(21,22)23/h2-9,26H,10H2,1H3,(H,25,28). The lowest BCUT2D eigenvalue weighted by Gasteiger charge is -2.10. The first-order valence-corrected chi connectivity index (χ1v) is 8.67.